The van der Waals surface area contributed by atoms with Crippen molar-refractivity contribution in [3.05, 3.63) is 43.0 Å². The van der Waals surface area contributed by atoms with Crippen LogP contribution in [0.5, 0.6) is 0 Å². The van der Waals surface area contributed by atoms with Crippen LogP contribution in [0.3, 0.4) is 0 Å². The van der Waals surface area contributed by atoms with E-state index in [-0.39, 0.29) is 4.90 Å². The summed E-state index contributed by atoms with van der Waals surface area (Å²) < 4.78 is 26.4. The molecule has 0 spiro atoms. The van der Waals surface area contributed by atoms with Crippen LogP contribution in [0, 0.1) is 0 Å². The fourth-order valence-electron chi connectivity index (χ4n) is 1.63. The predicted octanol–water partition coefficient (Wildman–Crippen LogP) is 1.15. The SMILES string of the molecule is O=S(=O)(Nc1ccc2nccnc2c1)c1cn[nH]c1. The van der Waals surface area contributed by atoms with Crippen LogP contribution in [0.1, 0.15) is 0 Å². The molecule has 2 heterocycles. The Morgan fingerprint density at radius 3 is 2.63 bits per heavy atom. The molecular weight excluding hydrogens is 266 g/mol. The van der Waals surface area contributed by atoms with Crippen LogP contribution >= 0.6 is 0 Å². The summed E-state index contributed by atoms with van der Waals surface area (Å²) in [6.07, 6.45) is 5.68. The van der Waals surface area contributed by atoms with E-state index < -0.39 is 10.0 Å². The molecule has 96 valence electrons. The number of hydrogen-bond acceptors (Lipinski definition) is 5. The number of rotatable bonds is 3. The number of nitrogens with zero attached hydrogens (tertiary/aromatic N) is 3. The summed E-state index contributed by atoms with van der Waals surface area (Å²) in [7, 11) is -3.63. The van der Waals surface area contributed by atoms with Gasteiger partial charge in [0.25, 0.3) is 10.0 Å². The normalized spacial score (nSPS) is 11.6. The average Bonchev–Trinajstić information content (AvgIpc) is 2.93. The minimum absolute atomic E-state index is 0.0757. The summed E-state index contributed by atoms with van der Waals surface area (Å²) in [4.78, 5) is 8.31. The van der Waals surface area contributed by atoms with E-state index in [1.54, 1.807) is 30.6 Å². The first-order valence-electron chi connectivity index (χ1n) is 5.37. The monoisotopic (exact) mass is 275 g/mol. The van der Waals surface area contributed by atoms with Gasteiger partial charge in [-0.3, -0.25) is 19.8 Å². The Kier molecular flexibility index (Phi) is 2.64. The average molecular weight is 275 g/mol. The summed E-state index contributed by atoms with van der Waals surface area (Å²) in [6, 6.07) is 4.96. The van der Waals surface area contributed by atoms with Gasteiger partial charge in [0.2, 0.25) is 0 Å². The molecule has 1 aromatic carbocycles. The van der Waals surface area contributed by atoms with Gasteiger partial charge in [-0.05, 0) is 18.2 Å². The first-order chi connectivity index (χ1) is 9.15. The van der Waals surface area contributed by atoms with Crippen molar-refractivity contribution in [2.24, 2.45) is 0 Å². The van der Waals surface area contributed by atoms with E-state index in [1.165, 1.54) is 12.4 Å². The Labute approximate surface area is 108 Å². The standard InChI is InChI=1S/C11H9N5O2S/c17-19(18,9-6-14-15-7-9)16-8-1-2-10-11(5-8)13-4-3-12-10/h1-7,16H,(H,14,15). The Balaban J connectivity index is 1.98. The van der Waals surface area contributed by atoms with E-state index in [4.69, 9.17) is 0 Å². The van der Waals surface area contributed by atoms with Gasteiger partial charge in [0.05, 0.1) is 22.9 Å². The van der Waals surface area contributed by atoms with Crippen LogP contribution in [0.4, 0.5) is 5.69 Å². The van der Waals surface area contributed by atoms with E-state index >= 15 is 0 Å². The molecule has 0 aliphatic heterocycles. The van der Waals surface area contributed by atoms with Crippen molar-refractivity contribution in [2.75, 3.05) is 4.72 Å². The third-order valence-electron chi connectivity index (χ3n) is 2.50. The van der Waals surface area contributed by atoms with Crippen LogP contribution in [0.25, 0.3) is 11.0 Å². The van der Waals surface area contributed by atoms with Crippen molar-refractivity contribution in [3.63, 3.8) is 0 Å². The summed E-state index contributed by atoms with van der Waals surface area (Å²) in [6.45, 7) is 0. The zero-order chi connectivity index (χ0) is 13.3. The minimum Gasteiger partial charge on any atom is -0.284 e. The number of hydrogen-bond donors (Lipinski definition) is 2. The quantitative estimate of drug-likeness (QED) is 0.746. The molecule has 19 heavy (non-hydrogen) atoms. The van der Waals surface area contributed by atoms with Crippen molar-refractivity contribution in [3.8, 4) is 0 Å². The zero-order valence-corrected chi connectivity index (χ0v) is 10.4. The number of anilines is 1. The lowest BCUT2D eigenvalue weighted by Crippen LogP contribution is -2.12. The highest BCUT2D eigenvalue weighted by Crippen LogP contribution is 2.18. The molecule has 0 bridgehead atoms. The predicted molar refractivity (Wildman–Crippen MR) is 68.9 cm³/mol. The lowest BCUT2D eigenvalue weighted by Gasteiger charge is -2.06. The van der Waals surface area contributed by atoms with Crippen molar-refractivity contribution >= 4 is 26.7 Å². The Morgan fingerprint density at radius 1 is 1.11 bits per heavy atom. The second-order valence-electron chi connectivity index (χ2n) is 3.80. The lowest BCUT2D eigenvalue weighted by atomic mass is 10.3. The number of aromatic amines is 1. The second kappa shape index (κ2) is 4.32. The third-order valence-corrected chi connectivity index (χ3v) is 3.85. The molecule has 0 amide bonds. The highest BCUT2D eigenvalue weighted by atomic mass is 32.2. The van der Waals surface area contributed by atoms with E-state index in [0.717, 1.165) is 0 Å². The van der Waals surface area contributed by atoms with Crippen molar-refractivity contribution in [2.45, 2.75) is 4.90 Å². The molecule has 0 aliphatic carbocycles. The maximum absolute atomic E-state index is 12.0. The van der Waals surface area contributed by atoms with Crippen LogP contribution in [-0.2, 0) is 10.0 Å². The van der Waals surface area contributed by atoms with E-state index in [2.05, 4.69) is 24.9 Å². The number of fused-ring (bicyclic) bond motifs is 1. The van der Waals surface area contributed by atoms with Gasteiger partial charge in [0.1, 0.15) is 4.90 Å². The van der Waals surface area contributed by atoms with Gasteiger partial charge in [0, 0.05) is 18.6 Å². The Hall–Kier alpha value is -2.48. The molecule has 0 radical (unpaired) electrons. The molecule has 0 saturated heterocycles. The summed E-state index contributed by atoms with van der Waals surface area (Å²) >= 11 is 0. The molecule has 2 aromatic heterocycles. The first-order valence-corrected chi connectivity index (χ1v) is 6.86. The highest BCUT2D eigenvalue weighted by Gasteiger charge is 2.15. The van der Waals surface area contributed by atoms with Crippen molar-refractivity contribution in [1.82, 2.24) is 20.2 Å². The largest absolute Gasteiger partial charge is 0.284 e. The molecule has 0 fully saturated rings. The molecule has 0 unspecified atom stereocenters. The smallest absolute Gasteiger partial charge is 0.265 e. The molecule has 3 rings (SSSR count). The Morgan fingerprint density at radius 2 is 1.89 bits per heavy atom. The summed E-state index contributed by atoms with van der Waals surface area (Å²) in [5.74, 6) is 0. The van der Waals surface area contributed by atoms with Crippen LogP contribution in [0.2, 0.25) is 0 Å². The highest BCUT2D eigenvalue weighted by molar-refractivity contribution is 7.92. The van der Waals surface area contributed by atoms with Gasteiger partial charge >= 0.3 is 0 Å². The number of benzene rings is 1. The Bertz CT molecular complexity index is 814. The molecular formula is C11H9N5O2S. The fraction of sp³-hybridized carbons (Fsp3) is 0. The summed E-state index contributed by atoms with van der Waals surface area (Å²) in [5, 5.41) is 6.07. The third kappa shape index (κ3) is 2.25. The van der Waals surface area contributed by atoms with Crippen molar-refractivity contribution < 1.29 is 8.42 Å². The molecule has 7 nitrogen and oxygen atoms in total. The van der Waals surface area contributed by atoms with Crippen molar-refractivity contribution in [1.29, 1.82) is 0 Å². The van der Waals surface area contributed by atoms with Gasteiger partial charge in [-0.15, -0.1) is 0 Å². The molecule has 3 aromatic rings. The number of sulfonamides is 1. The van der Waals surface area contributed by atoms with E-state index in [1.807, 2.05) is 0 Å². The topological polar surface area (TPSA) is 101 Å². The van der Waals surface area contributed by atoms with Gasteiger partial charge in [-0.2, -0.15) is 5.10 Å². The number of nitrogens with one attached hydrogen (secondary N) is 2. The van der Waals surface area contributed by atoms with E-state index in [0.29, 0.717) is 16.7 Å². The van der Waals surface area contributed by atoms with Gasteiger partial charge in [-0.25, -0.2) is 8.42 Å². The van der Waals surface area contributed by atoms with Gasteiger partial charge in [0.15, 0.2) is 0 Å². The molecule has 0 saturated carbocycles. The van der Waals surface area contributed by atoms with E-state index in [9.17, 15) is 8.42 Å². The molecule has 2 N–H and O–H groups in total. The molecule has 8 heteroatoms. The lowest BCUT2D eigenvalue weighted by molar-refractivity contribution is 0.601. The van der Waals surface area contributed by atoms with Gasteiger partial charge < -0.3 is 0 Å². The van der Waals surface area contributed by atoms with Crippen LogP contribution in [0.15, 0.2) is 47.9 Å². The van der Waals surface area contributed by atoms with Crippen LogP contribution < -0.4 is 4.72 Å². The van der Waals surface area contributed by atoms with Crippen LogP contribution in [-0.4, -0.2) is 28.6 Å². The summed E-state index contributed by atoms with van der Waals surface area (Å²) in [5.41, 5.74) is 1.75. The second-order valence-corrected chi connectivity index (χ2v) is 5.48. The zero-order valence-electron chi connectivity index (χ0n) is 9.61. The maximum atomic E-state index is 12.0. The molecule has 0 atom stereocenters. The number of aromatic nitrogens is 4. The maximum Gasteiger partial charge on any atom is 0.265 e. The first kappa shape index (κ1) is 11.6. The fourth-order valence-corrected chi connectivity index (χ4v) is 2.58. The number of H-pyrrole nitrogens is 1. The molecule has 0 aliphatic rings. The minimum atomic E-state index is -3.63. The van der Waals surface area contributed by atoms with Gasteiger partial charge in [-0.1, -0.05) is 0 Å².